The van der Waals surface area contributed by atoms with Gasteiger partial charge in [-0.05, 0) is 78.4 Å². The summed E-state index contributed by atoms with van der Waals surface area (Å²) in [7, 11) is 0. The van der Waals surface area contributed by atoms with Crippen molar-refractivity contribution < 1.29 is 17.9 Å². The third-order valence-corrected chi connectivity index (χ3v) is 6.44. The van der Waals surface area contributed by atoms with Crippen molar-refractivity contribution in [3.05, 3.63) is 117 Å². The van der Waals surface area contributed by atoms with Crippen LogP contribution in [0, 0.1) is 25.2 Å². The van der Waals surface area contributed by atoms with Gasteiger partial charge in [-0.25, -0.2) is 0 Å². The minimum atomic E-state index is -4.87. The summed E-state index contributed by atoms with van der Waals surface area (Å²) in [5, 5.41) is 9.52. The lowest BCUT2D eigenvalue weighted by Gasteiger charge is -2.20. The lowest BCUT2D eigenvalue weighted by molar-refractivity contribution is -0.137. The summed E-state index contributed by atoms with van der Waals surface area (Å²) in [6.45, 7) is 7.76. The summed E-state index contributed by atoms with van der Waals surface area (Å²) >= 11 is 0. The molecule has 4 nitrogen and oxygen atoms in total. The van der Waals surface area contributed by atoms with Crippen LogP contribution in [0.3, 0.4) is 0 Å². The van der Waals surface area contributed by atoms with E-state index in [1.54, 1.807) is 18.2 Å². The van der Waals surface area contributed by atoms with Gasteiger partial charge < -0.3 is 9.30 Å². The van der Waals surface area contributed by atoms with Gasteiger partial charge in [-0.1, -0.05) is 55.8 Å². The average Bonchev–Trinajstić information content (AvgIpc) is 2.86. The van der Waals surface area contributed by atoms with E-state index in [0.717, 1.165) is 28.3 Å². The molecule has 194 valence electrons. The van der Waals surface area contributed by atoms with Crippen LogP contribution >= 0.6 is 0 Å². The van der Waals surface area contributed by atoms with Crippen LogP contribution in [0.4, 0.5) is 13.2 Å². The van der Waals surface area contributed by atoms with Crippen molar-refractivity contribution in [3.63, 3.8) is 0 Å². The van der Waals surface area contributed by atoms with Gasteiger partial charge in [-0.2, -0.15) is 18.4 Å². The number of halogens is 3. The summed E-state index contributed by atoms with van der Waals surface area (Å²) in [6.07, 6.45) is -4.87. The molecule has 0 fully saturated rings. The fourth-order valence-electron chi connectivity index (χ4n) is 4.44. The first kappa shape index (κ1) is 26.7. The summed E-state index contributed by atoms with van der Waals surface area (Å²) in [5.41, 5.74) is 0.834. The molecule has 0 aliphatic carbocycles. The van der Waals surface area contributed by atoms with E-state index in [-0.39, 0.29) is 18.2 Å². The van der Waals surface area contributed by atoms with Gasteiger partial charge in [-0.3, -0.25) is 4.79 Å². The monoisotopic (exact) mass is 516 g/mol. The van der Waals surface area contributed by atoms with Gasteiger partial charge in [0.2, 0.25) is 0 Å². The Morgan fingerprint density at radius 3 is 2.29 bits per heavy atom. The highest BCUT2D eigenvalue weighted by molar-refractivity contribution is 5.66. The Morgan fingerprint density at radius 1 is 0.974 bits per heavy atom. The highest BCUT2D eigenvalue weighted by Crippen LogP contribution is 2.37. The Labute approximate surface area is 219 Å². The lowest BCUT2D eigenvalue weighted by atomic mass is 9.96. The van der Waals surface area contributed by atoms with E-state index in [0.29, 0.717) is 17.1 Å². The van der Waals surface area contributed by atoms with Gasteiger partial charge >= 0.3 is 6.18 Å². The lowest BCUT2D eigenvalue weighted by Crippen LogP contribution is -2.29. The van der Waals surface area contributed by atoms with Crippen LogP contribution in [0.5, 0.6) is 11.5 Å². The zero-order chi connectivity index (χ0) is 27.6. The molecule has 0 amide bonds. The molecule has 4 aromatic rings. The van der Waals surface area contributed by atoms with Crippen LogP contribution in [0.15, 0.2) is 77.6 Å². The SMILES string of the molecule is Cc1ccc(Cn2c(-c3ccc(Oc4ccccc4)c(C(C)C)c3)cc(C(F)(F)F)c(C#N)c2=O)c(C)c1. The maximum absolute atomic E-state index is 14.0. The number of hydrogen-bond donors (Lipinski definition) is 0. The van der Waals surface area contributed by atoms with E-state index in [2.05, 4.69) is 0 Å². The number of pyridine rings is 1. The van der Waals surface area contributed by atoms with E-state index in [9.17, 15) is 23.2 Å². The Morgan fingerprint density at radius 2 is 1.68 bits per heavy atom. The highest BCUT2D eigenvalue weighted by Gasteiger charge is 2.36. The summed E-state index contributed by atoms with van der Waals surface area (Å²) in [6, 6.07) is 22.4. The number of alkyl halides is 3. The number of ether oxygens (including phenoxy) is 1. The first-order valence-corrected chi connectivity index (χ1v) is 12.2. The maximum atomic E-state index is 14.0. The van der Waals surface area contributed by atoms with E-state index in [1.165, 1.54) is 10.6 Å². The Kier molecular flexibility index (Phi) is 7.45. The first-order chi connectivity index (χ1) is 18.0. The van der Waals surface area contributed by atoms with Gasteiger partial charge in [0.05, 0.1) is 17.8 Å². The number of rotatable bonds is 6. The minimum absolute atomic E-state index is 0.0198. The zero-order valence-corrected chi connectivity index (χ0v) is 21.6. The Balaban J connectivity index is 1.94. The fourth-order valence-corrected chi connectivity index (χ4v) is 4.44. The maximum Gasteiger partial charge on any atom is 0.417 e. The Bertz CT molecular complexity index is 1580. The standard InChI is InChI=1S/C31H27F3N2O2/c1-19(2)25-15-22(12-13-29(25)38-24-8-6-5-7-9-24)28-16-27(31(32,33)34)26(17-35)30(37)36(28)18-23-11-10-20(3)14-21(23)4/h5-16,19H,18H2,1-4H3. The summed E-state index contributed by atoms with van der Waals surface area (Å²) in [5.74, 6) is 1.18. The van der Waals surface area contributed by atoms with Crippen LogP contribution in [0.2, 0.25) is 0 Å². The number of aryl methyl sites for hydroxylation is 2. The average molecular weight is 517 g/mol. The molecule has 0 saturated heterocycles. The summed E-state index contributed by atoms with van der Waals surface area (Å²) in [4.78, 5) is 13.4. The molecule has 0 atom stereocenters. The van der Waals surface area contributed by atoms with Crippen LogP contribution in [0.25, 0.3) is 11.3 Å². The van der Waals surface area contributed by atoms with E-state index < -0.39 is 22.9 Å². The molecule has 0 saturated carbocycles. The van der Waals surface area contributed by atoms with Gasteiger partial charge in [-0.15, -0.1) is 0 Å². The van der Waals surface area contributed by atoms with Gasteiger partial charge in [0, 0.05) is 0 Å². The molecular formula is C31H27F3N2O2. The molecule has 0 spiro atoms. The second kappa shape index (κ2) is 10.6. The Hall–Kier alpha value is -4.31. The normalized spacial score (nSPS) is 11.4. The number of hydrogen-bond acceptors (Lipinski definition) is 3. The molecule has 7 heteroatoms. The van der Waals surface area contributed by atoms with Crippen LogP contribution in [-0.2, 0) is 12.7 Å². The fraction of sp³-hybridized carbons (Fsp3) is 0.226. The van der Waals surface area contributed by atoms with Crippen molar-refractivity contribution >= 4 is 0 Å². The number of nitriles is 1. The van der Waals surface area contributed by atoms with Crippen molar-refractivity contribution in [2.24, 2.45) is 0 Å². The van der Waals surface area contributed by atoms with E-state index in [4.69, 9.17) is 4.74 Å². The molecule has 0 radical (unpaired) electrons. The number of aromatic nitrogens is 1. The van der Waals surface area contributed by atoms with Crippen molar-refractivity contribution in [2.45, 2.75) is 46.3 Å². The largest absolute Gasteiger partial charge is 0.457 e. The number of para-hydroxylation sites is 1. The molecule has 0 N–H and O–H groups in total. The topological polar surface area (TPSA) is 55.0 Å². The molecule has 0 aliphatic heterocycles. The van der Waals surface area contributed by atoms with Gasteiger partial charge in [0.25, 0.3) is 5.56 Å². The molecule has 1 heterocycles. The summed E-state index contributed by atoms with van der Waals surface area (Å²) < 4.78 is 49.2. The first-order valence-electron chi connectivity index (χ1n) is 12.2. The van der Waals surface area contributed by atoms with Crippen molar-refractivity contribution in [1.29, 1.82) is 5.26 Å². The third-order valence-electron chi connectivity index (χ3n) is 6.44. The van der Waals surface area contributed by atoms with E-state index >= 15 is 0 Å². The quantitative estimate of drug-likeness (QED) is 0.261. The van der Waals surface area contributed by atoms with Crippen LogP contribution in [0.1, 0.15) is 53.1 Å². The van der Waals surface area contributed by atoms with Gasteiger partial charge in [0.15, 0.2) is 0 Å². The molecule has 0 bridgehead atoms. The van der Waals surface area contributed by atoms with Crippen molar-refractivity contribution in [3.8, 4) is 28.8 Å². The minimum Gasteiger partial charge on any atom is -0.457 e. The molecule has 4 rings (SSSR count). The van der Waals surface area contributed by atoms with Gasteiger partial charge in [0.1, 0.15) is 23.1 Å². The molecule has 3 aromatic carbocycles. The van der Waals surface area contributed by atoms with Crippen molar-refractivity contribution in [1.82, 2.24) is 4.57 Å². The second-order valence-electron chi connectivity index (χ2n) is 9.57. The van der Waals surface area contributed by atoms with Crippen LogP contribution < -0.4 is 10.3 Å². The number of benzene rings is 3. The number of nitrogens with zero attached hydrogens (tertiary/aromatic N) is 2. The third kappa shape index (κ3) is 5.50. The molecule has 1 aromatic heterocycles. The smallest absolute Gasteiger partial charge is 0.417 e. The molecule has 38 heavy (non-hydrogen) atoms. The molecule has 0 unspecified atom stereocenters. The molecular weight excluding hydrogens is 489 g/mol. The van der Waals surface area contributed by atoms with Crippen molar-refractivity contribution in [2.75, 3.05) is 0 Å². The zero-order valence-electron chi connectivity index (χ0n) is 21.6. The highest BCUT2D eigenvalue weighted by atomic mass is 19.4. The predicted octanol–water partition coefficient (Wildman–Crippen LogP) is 7.99. The predicted molar refractivity (Wildman–Crippen MR) is 141 cm³/mol. The second-order valence-corrected chi connectivity index (χ2v) is 9.57. The molecule has 0 aliphatic rings. The van der Waals surface area contributed by atoms with E-state index in [1.807, 2.05) is 76.2 Å². The van der Waals surface area contributed by atoms with Crippen LogP contribution in [-0.4, -0.2) is 4.57 Å².